The Bertz CT molecular complexity index is 1340. The molecule has 250 valence electrons. The van der Waals surface area contributed by atoms with Crippen LogP contribution in [-0.4, -0.2) is 51.2 Å². The quantitative estimate of drug-likeness (QED) is 0.0606. The summed E-state index contributed by atoms with van der Waals surface area (Å²) in [7, 11) is 0. The Kier molecular flexibility index (Phi) is 17.0. The van der Waals surface area contributed by atoms with E-state index in [2.05, 4.69) is 48.7 Å². The molecule has 8 heteroatoms. The van der Waals surface area contributed by atoms with Crippen LogP contribution in [0.1, 0.15) is 76.8 Å². The van der Waals surface area contributed by atoms with Crippen LogP contribution in [-0.2, 0) is 31.9 Å². The van der Waals surface area contributed by atoms with Crippen molar-refractivity contribution in [2.24, 2.45) is 0 Å². The molecule has 0 N–H and O–H groups in total. The van der Waals surface area contributed by atoms with E-state index in [1.54, 1.807) is 18.7 Å². The van der Waals surface area contributed by atoms with E-state index in [9.17, 15) is 9.59 Å². The Morgan fingerprint density at radius 1 is 0.630 bits per heavy atom. The summed E-state index contributed by atoms with van der Waals surface area (Å²) >= 11 is 1.73. The van der Waals surface area contributed by atoms with E-state index >= 15 is 0 Å². The van der Waals surface area contributed by atoms with Crippen LogP contribution in [0.4, 0.5) is 0 Å². The predicted octanol–water partition coefficient (Wildman–Crippen LogP) is 8.87. The second kappa shape index (κ2) is 21.2. The van der Waals surface area contributed by atoms with Crippen LogP contribution in [0.2, 0.25) is 0 Å². The van der Waals surface area contributed by atoms with Gasteiger partial charge in [0, 0.05) is 23.8 Å². The normalized spacial score (nSPS) is 10.8. The molecule has 0 fully saturated rings. The number of benzene rings is 3. The first-order valence-corrected chi connectivity index (χ1v) is 17.8. The molecule has 0 aromatic heterocycles. The lowest BCUT2D eigenvalue weighted by Gasteiger charge is -2.16. The van der Waals surface area contributed by atoms with E-state index in [0.29, 0.717) is 58.7 Å². The van der Waals surface area contributed by atoms with Crippen molar-refractivity contribution in [2.45, 2.75) is 83.5 Å². The van der Waals surface area contributed by atoms with E-state index in [0.717, 1.165) is 66.0 Å². The van der Waals surface area contributed by atoms with Gasteiger partial charge in [-0.3, -0.25) is 9.59 Å². The Hall–Kier alpha value is -3.65. The SMILES string of the molecule is CCOC(=O)CCCOc1cccc(CCCCCCOc2cc(OCC)cc(-c3ccc(SC)cc3)c2)c1CCC(=O)OCC. The Balaban J connectivity index is 1.51. The van der Waals surface area contributed by atoms with Gasteiger partial charge in [0.05, 0.1) is 33.0 Å². The largest absolute Gasteiger partial charge is 0.494 e. The van der Waals surface area contributed by atoms with Gasteiger partial charge in [0.25, 0.3) is 0 Å². The number of hydrogen-bond acceptors (Lipinski definition) is 8. The first kappa shape index (κ1) is 36.8. The fourth-order valence-electron chi connectivity index (χ4n) is 5.17. The minimum absolute atomic E-state index is 0.210. The highest BCUT2D eigenvalue weighted by Crippen LogP contribution is 2.31. The Morgan fingerprint density at radius 3 is 2.00 bits per heavy atom. The van der Waals surface area contributed by atoms with Gasteiger partial charge in [0.1, 0.15) is 17.2 Å². The van der Waals surface area contributed by atoms with Gasteiger partial charge in [0.2, 0.25) is 0 Å². The zero-order valence-corrected chi connectivity index (χ0v) is 28.8. The number of esters is 2. The highest BCUT2D eigenvalue weighted by Gasteiger charge is 2.13. The molecule has 0 aliphatic carbocycles. The number of carbonyl (C=O) groups excluding carboxylic acids is 2. The molecule has 0 aliphatic rings. The summed E-state index contributed by atoms with van der Waals surface area (Å²) < 4.78 is 28.3. The van der Waals surface area contributed by atoms with Gasteiger partial charge in [-0.05, 0) is 112 Å². The molecule has 0 aliphatic heterocycles. The summed E-state index contributed by atoms with van der Waals surface area (Å²) in [6.07, 6.45) is 8.82. The van der Waals surface area contributed by atoms with Crippen LogP contribution in [0.25, 0.3) is 11.1 Å². The molecular weight excluding hydrogens is 600 g/mol. The molecule has 0 bridgehead atoms. The van der Waals surface area contributed by atoms with Gasteiger partial charge in [-0.2, -0.15) is 0 Å². The lowest BCUT2D eigenvalue weighted by Crippen LogP contribution is -2.10. The number of thioether (sulfide) groups is 1. The second-order valence-electron chi connectivity index (χ2n) is 10.8. The van der Waals surface area contributed by atoms with Gasteiger partial charge in [-0.15, -0.1) is 11.8 Å². The van der Waals surface area contributed by atoms with Crippen LogP contribution in [0.3, 0.4) is 0 Å². The lowest BCUT2D eigenvalue weighted by molar-refractivity contribution is -0.144. The zero-order chi connectivity index (χ0) is 33.0. The molecule has 46 heavy (non-hydrogen) atoms. The standard InChI is InChI=1S/C38H50O7S/c1-5-41-32-26-31(29-18-20-34(46-4)21-19-29)27-33(28-32)44-24-11-9-8-10-14-30-15-12-16-36(35(30)22-23-38(40)43-7-3)45-25-13-17-37(39)42-6-2/h12,15-16,18-21,26-28H,5-11,13-14,17,22-25H2,1-4H3. The van der Waals surface area contributed by atoms with Crippen LogP contribution < -0.4 is 14.2 Å². The first-order valence-electron chi connectivity index (χ1n) is 16.6. The summed E-state index contributed by atoms with van der Waals surface area (Å²) in [5.74, 6) is 1.98. The molecule has 0 heterocycles. The zero-order valence-electron chi connectivity index (χ0n) is 27.9. The van der Waals surface area contributed by atoms with Gasteiger partial charge < -0.3 is 23.7 Å². The van der Waals surface area contributed by atoms with Crippen molar-refractivity contribution < 1.29 is 33.3 Å². The maximum atomic E-state index is 12.1. The molecular formula is C38H50O7S. The molecule has 3 rings (SSSR count). The summed E-state index contributed by atoms with van der Waals surface area (Å²) in [5.41, 5.74) is 4.45. The Labute approximate surface area is 279 Å². The third kappa shape index (κ3) is 13.0. The minimum atomic E-state index is -0.214. The molecule has 0 saturated carbocycles. The fourth-order valence-corrected chi connectivity index (χ4v) is 5.58. The molecule has 0 saturated heterocycles. The van der Waals surface area contributed by atoms with Gasteiger partial charge >= 0.3 is 11.9 Å². The van der Waals surface area contributed by atoms with E-state index in [4.69, 9.17) is 23.7 Å². The van der Waals surface area contributed by atoms with Crippen LogP contribution in [0, 0.1) is 0 Å². The number of unbranched alkanes of at least 4 members (excludes halogenated alkanes) is 3. The summed E-state index contributed by atoms with van der Waals surface area (Å²) in [4.78, 5) is 25.0. The van der Waals surface area contributed by atoms with E-state index in [-0.39, 0.29) is 11.9 Å². The fraction of sp³-hybridized carbons (Fsp3) is 0.474. The van der Waals surface area contributed by atoms with Crippen molar-refractivity contribution in [3.8, 4) is 28.4 Å². The topological polar surface area (TPSA) is 80.3 Å². The monoisotopic (exact) mass is 650 g/mol. The minimum Gasteiger partial charge on any atom is -0.494 e. The number of rotatable bonds is 22. The van der Waals surface area contributed by atoms with Gasteiger partial charge in [-0.25, -0.2) is 0 Å². The molecule has 0 radical (unpaired) electrons. The average Bonchev–Trinajstić information content (AvgIpc) is 3.06. The molecule has 0 spiro atoms. The van der Waals surface area contributed by atoms with Crippen molar-refractivity contribution in [3.63, 3.8) is 0 Å². The molecule has 3 aromatic carbocycles. The summed E-state index contributed by atoms with van der Waals surface area (Å²) in [5, 5.41) is 0. The summed E-state index contributed by atoms with van der Waals surface area (Å²) in [6, 6.07) is 20.7. The van der Waals surface area contributed by atoms with Crippen molar-refractivity contribution in [3.05, 3.63) is 71.8 Å². The first-order chi connectivity index (χ1) is 22.5. The third-order valence-corrected chi connectivity index (χ3v) is 8.17. The maximum Gasteiger partial charge on any atom is 0.306 e. The van der Waals surface area contributed by atoms with Gasteiger partial charge in [-0.1, -0.05) is 37.1 Å². The van der Waals surface area contributed by atoms with Crippen molar-refractivity contribution in [2.75, 3.05) is 39.3 Å². The van der Waals surface area contributed by atoms with Crippen molar-refractivity contribution in [1.29, 1.82) is 0 Å². The third-order valence-electron chi connectivity index (χ3n) is 7.43. The molecule has 0 unspecified atom stereocenters. The number of ether oxygens (including phenoxy) is 5. The van der Waals surface area contributed by atoms with Crippen LogP contribution >= 0.6 is 11.8 Å². The smallest absolute Gasteiger partial charge is 0.306 e. The average molecular weight is 651 g/mol. The van der Waals surface area contributed by atoms with E-state index < -0.39 is 0 Å². The molecule has 3 aromatic rings. The van der Waals surface area contributed by atoms with Crippen LogP contribution in [0.5, 0.6) is 17.2 Å². The molecule has 0 atom stereocenters. The highest BCUT2D eigenvalue weighted by atomic mass is 32.2. The maximum absolute atomic E-state index is 12.1. The predicted molar refractivity (Wildman–Crippen MR) is 185 cm³/mol. The van der Waals surface area contributed by atoms with Crippen molar-refractivity contribution in [1.82, 2.24) is 0 Å². The Morgan fingerprint density at radius 2 is 1.30 bits per heavy atom. The van der Waals surface area contributed by atoms with Gasteiger partial charge in [0.15, 0.2) is 0 Å². The highest BCUT2D eigenvalue weighted by molar-refractivity contribution is 7.98. The second-order valence-corrected chi connectivity index (χ2v) is 11.7. The summed E-state index contributed by atoms with van der Waals surface area (Å²) in [6.45, 7) is 8.00. The van der Waals surface area contributed by atoms with Crippen molar-refractivity contribution >= 4 is 23.7 Å². The van der Waals surface area contributed by atoms with E-state index in [1.165, 1.54) is 10.5 Å². The van der Waals surface area contributed by atoms with Crippen LogP contribution in [0.15, 0.2) is 65.6 Å². The molecule has 0 amide bonds. The molecule has 7 nitrogen and oxygen atoms in total. The number of hydrogen-bond donors (Lipinski definition) is 0. The lowest BCUT2D eigenvalue weighted by atomic mass is 9.96. The van der Waals surface area contributed by atoms with E-state index in [1.807, 2.05) is 32.0 Å². The number of carbonyl (C=O) groups is 2. The number of aryl methyl sites for hydroxylation is 1.